The van der Waals surface area contributed by atoms with Gasteiger partial charge >= 0.3 is 0 Å². The normalized spacial score (nSPS) is 16.4. The molecule has 0 N–H and O–H groups in total. The van der Waals surface area contributed by atoms with Gasteiger partial charge in [0.2, 0.25) is 5.91 Å². The number of halogens is 2. The number of nitrogens with zero attached hydrogens (tertiary/aromatic N) is 1. The lowest BCUT2D eigenvalue weighted by atomic mass is 9.88. The van der Waals surface area contributed by atoms with Gasteiger partial charge in [0, 0.05) is 31.1 Å². The first-order valence-electron chi connectivity index (χ1n) is 6.77. The lowest BCUT2D eigenvalue weighted by molar-refractivity contribution is -0.135. The van der Waals surface area contributed by atoms with E-state index >= 15 is 0 Å². The van der Waals surface area contributed by atoms with E-state index in [2.05, 4.69) is 0 Å². The van der Waals surface area contributed by atoms with E-state index in [4.69, 9.17) is 0 Å². The molecule has 1 aromatic carbocycles. The van der Waals surface area contributed by atoms with Crippen molar-refractivity contribution in [3.05, 3.63) is 35.4 Å². The van der Waals surface area contributed by atoms with Crippen LogP contribution in [0.4, 0.5) is 8.78 Å². The summed E-state index contributed by atoms with van der Waals surface area (Å²) in [7, 11) is 1.68. The lowest BCUT2D eigenvalue weighted by Crippen LogP contribution is -2.33. The number of hydrogen-bond donors (Lipinski definition) is 0. The molecular weight excluding hydrogens is 248 g/mol. The van der Waals surface area contributed by atoms with Gasteiger partial charge in [-0.25, -0.2) is 8.78 Å². The second-order valence-electron chi connectivity index (χ2n) is 5.26. The zero-order chi connectivity index (χ0) is 13.8. The molecule has 1 aliphatic carbocycles. The van der Waals surface area contributed by atoms with Crippen LogP contribution in [0.2, 0.25) is 0 Å². The van der Waals surface area contributed by atoms with Crippen molar-refractivity contribution in [2.75, 3.05) is 7.05 Å². The zero-order valence-electron chi connectivity index (χ0n) is 11.2. The number of carbonyl (C=O) groups is 1. The molecule has 1 saturated carbocycles. The van der Waals surface area contributed by atoms with E-state index in [0.717, 1.165) is 31.7 Å². The summed E-state index contributed by atoms with van der Waals surface area (Å²) in [6.45, 7) is 0.196. The molecule has 0 saturated heterocycles. The van der Waals surface area contributed by atoms with Crippen LogP contribution in [0.5, 0.6) is 0 Å². The van der Waals surface area contributed by atoms with Gasteiger partial charge in [-0.1, -0.05) is 25.3 Å². The molecule has 0 spiro atoms. The summed E-state index contributed by atoms with van der Waals surface area (Å²) >= 11 is 0. The number of hydrogen-bond acceptors (Lipinski definition) is 1. The maximum atomic E-state index is 13.5. The Kier molecular flexibility index (Phi) is 4.51. The van der Waals surface area contributed by atoms with Crippen LogP contribution in [0.15, 0.2) is 18.2 Å². The molecular formula is C15H19F2NO. The molecule has 2 rings (SSSR count). The van der Waals surface area contributed by atoms with Crippen LogP contribution < -0.4 is 0 Å². The van der Waals surface area contributed by atoms with Crippen LogP contribution in [0, 0.1) is 17.6 Å². The van der Waals surface area contributed by atoms with Gasteiger partial charge in [-0.2, -0.15) is 0 Å². The summed E-state index contributed by atoms with van der Waals surface area (Å²) in [5.74, 6) is -1.04. The average Bonchev–Trinajstić information content (AvgIpc) is 2.42. The van der Waals surface area contributed by atoms with Crippen molar-refractivity contribution < 1.29 is 13.6 Å². The number of carbonyl (C=O) groups excluding carboxylic acids is 1. The average molecular weight is 267 g/mol. The monoisotopic (exact) mass is 267 g/mol. The summed E-state index contributed by atoms with van der Waals surface area (Å²) < 4.78 is 26.4. The summed E-state index contributed by atoms with van der Waals surface area (Å²) in [5.41, 5.74) is 0.355. The van der Waals surface area contributed by atoms with Crippen molar-refractivity contribution in [1.29, 1.82) is 0 Å². The Balaban J connectivity index is 1.99. The van der Waals surface area contributed by atoms with E-state index in [-0.39, 0.29) is 18.4 Å². The van der Waals surface area contributed by atoms with E-state index in [1.807, 2.05) is 0 Å². The zero-order valence-corrected chi connectivity index (χ0v) is 11.2. The molecule has 0 radical (unpaired) electrons. The Morgan fingerprint density at radius 1 is 1.26 bits per heavy atom. The van der Waals surface area contributed by atoms with Crippen LogP contribution in [0.25, 0.3) is 0 Å². The van der Waals surface area contributed by atoms with Gasteiger partial charge in [-0.05, 0) is 18.9 Å². The first-order chi connectivity index (χ1) is 9.08. The predicted octanol–water partition coefficient (Wildman–Crippen LogP) is 3.50. The van der Waals surface area contributed by atoms with Crippen LogP contribution in [0.1, 0.15) is 37.7 Å². The maximum absolute atomic E-state index is 13.5. The van der Waals surface area contributed by atoms with E-state index in [9.17, 15) is 13.6 Å². The molecule has 0 aliphatic heterocycles. The van der Waals surface area contributed by atoms with Crippen LogP contribution in [-0.4, -0.2) is 17.9 Å². The fraction of sp³-hybridized carbons (Fsp3) is 0.533. The van der Waals surface area contributed by atoms with Crippen molar-refractivity contribution in [3.8, 4) is 0 Å². The molecule has 19 heavy (non-hydrogen) atoms. The topological polar surface area (TPSA) is 20.3 Å². The molecule has 1 aromatic rings. The number of amides is 1. The summed E-state index contributed by atoms with van der Waals surface area (Å²) in [6, 6.07) is 3.47. The largest absolute Gasteiger partial charge is 0.341 e. The van der Waals surface area contributed by atoms with E-state index in [1.54, 1.807) is 11.9 Å². The van der Waals surface area contributed by atoms with E-state index in [1.165, 1.54) is 18.6 Å². The minimum absolute atomic E-state index is 0.0715. The third-order valence-electron chi connectivity index (χ3n) is 3.75. The smallest absolute Gasteiger partial charge is 0.225 e. The fourth-order valence-corrected chi connectivity index (χ4v) is 2.64. The maximum Gasteiger partial charge on any atom is 0.225 e. The summed E-state index contributed by atoms with van der Waals surface area (Å²) in [5, 5.41) is 0. The van der Waals surface area contributed by atoms with Crippen molar-refractivity contribution in [2.45, 2.75) is 38.6 Å². The van der Waals surface area contributed by atoms with Crippen LogP contribution in [-0.2, 0) is 11.3 Å². The summed E-state index contributed by atoms with van der Waals surface area (Å²) in [6.07, 6.45) is 5.23. The van der Waals surface area contributed by atoms with Gasteiger partial charge < -0.3 is 4.90 Å². The quantitative estimate of drug-likeness (QED) is 0.820. The molecule has 0 bridgehead atoms. The molecule has 0 aromatic heterocycles. The SMILES string of the molecule is CN(Cc1ccc(F)cc1F)C(=O)C1CCCCC1. The lowest BCUT2D eigenvalue weighted by Gasteiger charge is -2.26. The second kappa shape index (κ2) is 6.13. The third-order valence-corrected chi connectivity index (χ3v) is 3.75. The first-order valence-corrected chi connectivity index (χ1v) is 6.77. The van der Waals surface area contributed by atoms with Gasteiger partial charge in [0.1, 0.15) is 11.6 Å². The van der Waals surface area contributed by atoms with Gasteiger partial charge in [0.25, 0.3) is 0 Å². The van der Waals surface area contributed by atoms with Crippen molar-refractivity contribution >= 4 is 5.91 Å². The van der Waals surface area contributed by atoms with Crippen molar-refractivity contribution in [3.63, 3.8) is 0 Å². The molecule has 1 aliphatic rings. The molecule has 2 nitrogen and oxygen atoms in total. The minimum atomic E-state index is -0.595. The first kappa shape index (κ1) is 14.0. The highest BCUT2D eigenvalue weighted by Crippen LogP contribution is 2.25. The van der Waals surface area contributed by atoms with E-state index in [0.29, 0.717) is 5.56 Å². The highest BCUT2D eigenvalue weighted by atomic mass is 19.1. The van der Waals surface area contributed by atoms with Crippen LogP contribution in [0.3, 0.4) is 0 Å². The van der Waals surface area contributed by atoms with Gasteiger partial charge in [-0.15, -0.1) is 0 Å². The Bertz CT molecular complexity index is 455. The molecule has 104 valence electrons. The molecule has 0 heterocycles. The highest BCUT2D eigenvalue weighted by molar-refractivity contribution is 5.78. The van der Waals surface area contributed by atoms with Gasteiger partial charge in [-0.3, -0.25) is 4.79 Å². The van der Waals surface area contributed by atoms with Crippen molar-refractivity contribution in [2.24, 2.45) is 5.92 Å². The standard InChI is InChI=1S/C15H19F2NO/c1-18(15(19)11-5-3-2-4-6-11)10-12-7-8-13(16)9-14(12)17/h7-9,11H,2-6,10H2,1H3. The summed E-state index contributed by atoms with van der Waals surface area (Å²) in [4.78, 5) is 13.8. The molecule has 0 unspecified atom stereocenters. The predicted molar refractivity (Wildman–Crippen MR) is 69.4 cm³/mol. The van der Waals surface area contributed by atoms with Crippen molar-refractivity contribution in [1.82, 2.24) is 4.90 Å². The number of rotatable bonds is 3. The Morgan fingerprint density at radius 3 is 2.58 bits per heavy atom. The highest BCUT2D eigenvalue weighted by Gasteiger charge is 2.24. The van der Waals surface area contributed by atoms with Gasteiger partial charge in [0.05, 0.1) is 0 Å². The molecule has 1 amide bonds. The Labute approximate surface area is 112 Å². The third kappa shape index (κ3) is 3.52. The minimum Gasteiger partial charge on any atom is -0.341 e. The molecule has 4 heteroatoms. The Morgan fingerprint density at radius 2 is 1.95 bits per heavy atom. The van der Waals surface area contributed by atoms with Crippen LogP contribution >= 0.6 is 0 Å². The number of benzene rings is 1. The van der Waals surface area contributed by atoms with E-state index < -0.39 is 11.6 Å². The fourth-order valence-electron chi connectivity index (χ4n) is 2.64. The Hall–Kier alpha value is -1.45. The molecule has 0 atom stereocenters. The second-order valence-corrected chi connectivity index (χ2v) is 5.26. The molecule has 1 fully saturated rings. The van der Waals surface area contributed by atoms with Gasteiger partial charge in [0.15, 0.2) is 0 Å².